The lowest BCUT2D eigenvalue weighted by Gasteiger charge is -2.10. The lowest BCUT2D eigenvalue weighted by atomic mass is 10.1. The third-order valence-electron chi connectivity index (χ3n) is 2.61. The van der Waals surface area contributed by atoms with Crippen molar-refractivity contribution in [2.24, 2.45) is 5.73 Å². The minimum absolute atomic E-state index is 0.273. The van der Waals surface area contributed by atoms with E-state index in [2.05, 4.69) is 5.32 Å². The van der Waals surface area contributed by atoms with Crippen LogP contribution in [0.5, 0.6) is 0 Å². The molecule has 0 radical (unpaired) electrons. The number of hydrogen-bond acceptors (Lipinski definition) is 2. The number of benzene rings is 2. The molecule has 0 unspecified atom stereocenters. The number of nitrogens with one attached hydrogen (secondary N) is 1. The Hall–Kier alpha value is -1.55. The number of halogens is 2. The summed E-state index contributed by atoms with van der Waals surface area (Å²) >= 11 is 11.7. The van der Waals surface area contributed by atoms with Crippen LogP contribution >= 0.6 is 23.2 Å². The van der Waals surface area contributed by atoms with E-state index in [9.17, 15) is 4.79 Å². The Labute approximate surface area is 121 Å². The average molecular weight is 295 g/mol. The Bertz CT molecular complexity index is 594. The van der Waals surface area contributed by atoms with E-state index in [1.807, 2.05) is 18.2 Å². The molecule has 19 heavy (non-hydrogen) atoms. The highest BCUT2D eigenvalue weighted by Gasteiger charge is 2.10. The largest absolute Gasteiger partial charge is 0.326 e. The van der Waals surface area contributed by atoms with Gasteiger partial charge in [0, 0.05) is 27.8 Å². The van der Waals surface area contributed by atoms with Crippen molar-refractivity contribution in [3.05, 3.63) is 63.6 Å². The first-order valence-electron chi connectivity index (χ1n) is 5.65. The first kappa shape index (κ1) is 13.9. The second kappa shape index (κ2) is 6.06. The van der Waals surface area contributed by atoms with Gasteiger partial charge in [-0.25, -0.2) is 0 Å². The molecule has 0 fully saturated rings. The van der Waals surface area contributed by atoms with Gasteiger partial charge in [0.15, 0.2) is 0 Å². The second-order valence-corrected chi connectivity index (χ2v) is 4.85. The number of amides is 1. The highest BCUT2D eigenvalue weighted by Crippen LogP contribution is 2.21. The van der Waals surface area contributed by atoms with Gasteiger partial charge in [0.1, 0.15) is 0 Å². The van der Waals surface area contributed by atoms with Gasteiger partial charge in [0.2, 0.25) is 0 Å². The van der Waals surface area contributed by atoms with E-state index in [4.69, 9.17) is 28.9 Å². The van der Waals surface area contributed by atoms with Gasteiger partial charge in [-0.2, -0.15) is 0 Å². The van der Waals surface area contributed by atoms with Crippen molar-refractivity contribution >= 4 is 34.8 Å². The molecule has 0 aliphatic carbocycles. The standard InChI is InChI=1S/C14H12Cl2N2O/c15-11-5-10(6-12(16)7-11)14(19)18-13-4-2-1-3-9(13)8-17/h1-7H,8,17H2,(H,18,19). The number of nitrogens with two attached hydrogens (primary N) is 1. The number of rotatable bonds is 3. The second-order valence-electron chi connectivity index (χ2n) is 3.97. The summed E-state index contributed by atoms with van der Waals surface area (Å²) in [5.41, 5.74) is 7.58. The number of carbonyl (C=O) groups is 1. The zero-order valence-corrected chi connectivity index (χ0v) is 11.5. The average Bonchev–Trinajstić information content (AvgIpc) is 2.38. The van der Waals surface area contributed by atoms with Crippen molar-refractivity contribution in [2.75, 3.05) is 5.32 Å². The summed E-state index contributed by atoms with van der Waals surface area (Å²) < 4.78 is 0. The van der Waals surface area contributed by atoms with Crippen molar-refractivity contribution in [3.8, 4) is 0 Å². The van der Waals surface area contributed by atoms with Gasteiger partial charge in [-0.05, 0) is 29.8 Å². The van der Waals surface area contributed by atoms with Gasteiger partial charge < -0.3 is 11.1 Å². The van der Waals surface area contributed by atoms with Gasteiger partial charge in [-0.1, -0.05) is 41.4 Å². The van der Waals surface area contributed by atoms with E-state index in [0.717, 1.165) is 5.56 Å². The first-order chi connectivity index (χ1) is 9.10. The quantitative estimate of drug-likeness (QED) is 0.907. The van der Waals surface area contributed by atoms with Gasteiger partial charge >= 0.3 is 0 Å². The molecule has 0 heterocycles. The number of hydrogen-bond donors (Lipinski definition) is 2. The van der Waals surface area contributed by atoms with Crippen LogP contribution < -0.4 is 11.1 Å². The smallest absolute Gasteiger partial charge is 0.255 e. The van der Waals surface area contributed by atoms with Crippen LogP contribution in [0.4, 0.5) is 5.69 Å². The molecule has 0 saturated carbocycles. The van der Waals surface area contributed by atoms with Crippen LogP contribution in [0.3, 0.4) is 0 Å². The van der Waals surface area contributed by atoms with Gasteiger partial charge in [-0.3, -0.25) is 4.79 Å². The highest BCUT2D eigenvalue weighted by atomic mass is 35.5. The minimum atomic E-state index is -0.273. The number of carbonyl (C=O) groups excluding carboxylic acids is 1. The predicted molar refractivity (Wildman–Crippen MR) is 78.7 cm³/mol. The number of anilines is 1. The summed E-state index contributed by atoms with van der Waals surface area (Å²) in [5.74, 6) is -0.273. The molecule has 3 N–H and O–H groups in total. The highest BCUT2D eigenvalue weighted by molar-refractivity contribution is 6.35. The summed E-state index contributed by atoms with van der Waals surface area (Å²) in [6, 6.07) is 12.1. The van der Waals surface area contributed by atoms with Crippen LogP contribution in [0.25, 0.3) is 0 Å². The lowest BCUT2D eigenvalue weighted by molar-refractivity contribution is 0.102. The zero-order chi connectivity index (χ0) is 13.8. The summed E-state index contributed by atoms with van der Waals surface area (Å²) in [6.45, 7) is 0.354. The molecule has 2 aromatic rings. The Kier molecular flexibility index (Phi) is 4.43. The Morgan fingerprint density at radius 1 is 1.11 bits per heavy atom. The molecule has 0 aromatic heterocycles. The van der Waals surface area contributed by atoms with Crippen molar-refractivity contribution in [2.45, 2.75) is 6.54 Å². The Morgan fingerprint density at radius 3 is 2.37 bits per heavy atom. The van der Waals surface area contributed by atoms with Crippen LogP contribution in [0.15, 0.2) is 42.5 Å². The molecular weight excluding hydrogens is 283 g/mol. The minimum Gasteiger partial charge on any atom is -0.326 e. The molecule has 3 nitrogen and oxygen atoms in total. The van der Waals surface area contributed by atoms with Crippen LogP contribution in [0.1, 0.15) is 15.9 Å². The molecular formula is C14H12Cl2N2O. The Morgan fingerprint density at radius 2 is 1.74 bits per heavy atom. The van der Waals surface area contributed by atoms with E-state index in [-0.39, 0.29) is 5.91 Å². The fourth-order valence-corrected chi connectivity index (χ4v) is 2.23. The fraction of sp³-hybridized carbons (Fsp3) is 0.0714. The maximum Gasteiger partial charge on any atom is 0.255 e. The monoisotopic (exact) mass is 294 g/mol. The third-order valence-corrected chi connectivity index (χ3v) is 3.05. The van der Waals surface area contributed by atoms with Crippen molar-refractivity contribution in [1.29, 1.82) is 0 Å². The Balaban J connectivity index is 2.25. The maximum absolute atomic E-state index is 12.1. The summed E-state index contributed by atoms with van der Waals surface area (Å²) in [4.78, 5) is 12.1. The summed E-state index contributed by atoms with van der Waals surface area (Å²) in [5, 5.41) is 3.64. The van der Waals surface area contributed by atoms with E-state index in [1.54, 1.807) is 24.3 Å². The molecule has 0 aliphatic heterocycles. The molecule has 2 aromatic carbocycles. The normalized spacial score (nSPS) is 10.3. The topological polar surface area (TPSA) is 55.1 Å². The maximum atomic E-state index is 12.1. The van der Waals surface area contributed by atoms with Crippen LogP contribution in [-0.4, -0.2) is 5.91 Å². The molecule has 1 amide bonds. The van der Waals surface area contributed by atoms with Crippen LogP contribution in [-0.2, 0) is 6.54 Å². The SMILES string of the molecule is NCc1ccccc1NC(=O)c1cc(Cl)cc(Cl)c1. The van der Waals surface area contributed by atoms with Crippen LogP contribution in [0.2, 0.25) is 10.0 Å². The molecule has 0 bridgehead atoms. The lowest BCUT2D eigenvalue weighted by Crippen LogP contribution is -2.14. The summed E-state index contributed by atoms with van der Waals surface area (Å²) in [7, 11) is 0. The zero-order valence-electron chi connectivity index (χ0n) is 9.99. The van der Waals surface area contributed by atoms with Gasteiger partial charge in [0.25, 0.3) is 5.91 Å². The first-order valence-corrected chi connectivity index (χ1v) is 6.41. The molecule has 0 saturated heterocycles. The summed E-state index contributed by atoms with van der Waals surface area (Å²) in [6.07, 6.45) is 0. The van der Waals surface area contributed by atoms with E-state index in [1.165, 1.54) is 0 Å². The van der Waals surface area contributed by atoms with E-state index in [0.29, 0.717) is 27.8 Å². The van der Waals surface area contributed by atoms with Gasteiger partial charge in [0.05, 0.1) is 0 Å². The van der Waals surface area contributed by atoms with Crippen LogP contribution in [0, 0.1) is 0 Å². The van der Waals surface area contributed by atoms with Gasteiger partial charge in [-0.15, -0.1) is 0 Å². The molecule has 98 valence electrons. The van der Waals surface area contributed by atoms with Crippen molar-refractivity contribution < 1.29 is 4.79 Å². The predicted octanol–water partition coefficient (Wildman–Crippen LogP) is 3.70. The van der Waals surface area contributed by atoms with Crippen molar-refractivity contribution in [1.82, 2.24) is 0 Å². The third kappa shape index (κ3) is 3.47. The fourth-order valence-electron chi connectivity index (χ4n) is 1.70. The number of para-hydroxylation sites is 1. The molecule has 5 heteroatoms. The molecule has 0 aliphatic rings. The van der Waals surface area contributed by atoms with E-state index < -0.39 is 0 Å². The molecule has 2 rings (SSSR count). The van der Waals surface area contributed by atoms with Crippen molar-refractivity contribution in [3.63, 3.8) is 0 Å². The van der Waals surface area contributed by atoms with E-state index >= 15 is 0 Å². The molecule has 0 spiro atoms. The molecule has 0 atom stereocenters.